The van der Waals surface area contributed by atoms with Crippen LogP contribution >= 0.6 is 0 Å². The van der Waals surface area contributed by atoms with E-state index in [0.29, 0.717) is 5.56 Å². The van der Waals surface area contributed by atoms with E-state index in [2.05, 4.69) is 10.1 Å². The molecule has 3 nitrogen and oxygen atoms in total. The van der Waals surface area contributed by atoms with E-state index in [1.165, 1.54) is 24.3 Å². The van der Waals surface area contributed by atoms with Gasteiger partial charge in [0.25, 0.3) is 5.91 Å². The van der Waals surface area contributed by atoms with Crippen LogP contribution in [0.5, 0.6) is 5.75 Å². The fourth-order valence-electron chi connectivity index (χ4n) is 2.38. The molecule has 0 unspecified atom stereocenters. The summed E-state index contributed by atoms with van der Waals surface area (Å²) in [4.78, 5) is 12.4. The molecule has 1 amide bonds. The monoisotopic (exact) mass is 319 g/mol. The second kappa shape index (κ2) is 7.72. The van der Waals surface area contributed by atoms with Crippen LogP contribution in [-0.4, -0.2) is 12.5 Å². The second-order valence-electron chi connectivity index (χ2n) is 5.02. The number of anilines is 1. The Morgan fingerprint density at radius 3 is 2.09 bits per heavy atom. The van der Waals surface area contributed by atoms with Gasteiger partial charge in [0, 0.05) is 11.3 Å². The van der Waals surface area contributed by atoms with Crippen LogP contribution in [0.15, 0.2) is 42.5 Å². The third-order valence-electron chi connectivity index (χ3n) is 3.58. The number of carbonyl (C=O) groups is 1. The lowest BCUT2D eigenvalue weighted by atomic mass is 10.0. The van der Waals surface area contributed by atoms with E-state index in [1.807, 2.05) is 32.0 Å². The molecule has 0 saturated heterocycles. The van der Waals surface area contributed by atoms with Crippen molar-refractivity contribution in [2.45, 2.75) is 33.3 Å². The Balaban J connectivity index is 2.19. The van der Waals surface area contributed by atoms with Gasteiger partial charge in [0.05, 0.1) is 0 Å². The molecule has 0 heterocycles. The highest BCUT2D eigenvalue weighted by molar-refractivity contribution is 6.05. The fraction of sp³-hybridized carbons (Fsp3) is 0.278. The largest absolute Gasteiger partial charge is 0.435 e. The number of aryl methyl sites for hydroxylation is 2. The van der Waals surface area contributed by atoms with E-state index >= 15 is 0 Å². The summed E-state index contributed by atoms with van der Waals surface area (Å²) in [5.41, 5.74) is 3.35. The number of para-hydroxylation sites is 1. The van der Waals surface area contributed by atoms with Gasteiger partial charge in [0.2, 0.25) is 0 Å². The van der Waals surface area contributed by atoms with Gasteiger partial charge >= 0.3 is 6.61 Å². The minimum absolute atomic E-state index is 0.0276. The van der Waals surface area contributed by atoms with Crippen LogP contribution < -0.4 is 10.1 Å². The van der Waals surface area contributed by atoms with Crippen LogP contribution in [-0.2, 0) is 12.8 Å². The molecular weight excluding hydrogens is 300 g/mol. The second-order valence-corrected chi connectivity index (χ2v) is 5.02. The van der Waals surface area contributed by atoms with Crippen molar-refractivity contribution in [3.05, 3.63) is 59.2 Å². The Labute approximate surface area is 134 Å². The summed E-state index contributed by atoms with van der Waals surface area (Å²) >= 11 is 0. The molecule has 0 radical (unpaired) electrons. The molecule has 1 N–H and O–H groups in total. The predicted molar refractivity (Wildman–Crippen MR) is 86.2 cm³/mol. The van der Waals surface area contributed by atoms with Gasteiger partial charge in [0.1, 0.15) is 5.75 Å². The number of amides is 1. The summed E-state index contributed by atoms with van der Waals surface area (Å²) in [5, 5.41) is 2.93. The first-order valence-corrected chi connectivity index (χ1v) is 7.52. The van der Waals surface area contributed by atoms with Gasteiger partial charge < -0.3 is 10.1 Å². The zero-order chi connectivity index (χ0) is 16.8. The number of carbonyl (C=O) groups excluding carboxylic acids is 1. The lowest BCUT2D eigenvalue weighted by Crippen LogP contribution is -2.15. The number of alkyl halides is 2. The molecule has 0 aliphatic heterocycles. The van der Waals surface area contributed by atoms with Crippen molar-refractivity contribution >= 4 is 11.6 Å². The summed E-state index contributed by atoms with van der Waals surface area (Å²) in [6, 6.07) is 11.6. The average molecular weight is 319 g/mol. The molecule has 0 aliphatic carbocycles. The number of hydrogen-bond acceptors (Lipinski definition) is 2. The van der Waals surface area contributed by atoms with Crippen LogP contribution in [0.4, 0.5) is 14.5 Å². The average Bonchev–Trinajstić information content (AvgIpc) is 2.55. The first-order chi connectivity index (χ1) is 11.0. The van der Waals surface area contributed by atoms with Crippen LogP contribution in [0.1, 0.15) is 35.3 Å². The van der Waals surface area contributed by atoms with E-state index in [4.69, 9.17) is 0 Å². The van der Waals surface area contributed by atoms with E-state index in [0.717, 1.165) is 29.7 Å². The molecule has 2 aromatic rings. The van der Waals surface area contributed by atoms with Gasteiger partial charge in [-0.15, -0.1) is 0 Å². The summed E-state index contributed by atoms with van der Waals surface area (Å²) in [5.74, 6) is -0.246. The molecule has 0 atom stereocenters. The molecule has 0 aliphatic rings. The van der Waals surface area contributed by atoms with E-state index in [9.17, 15) is 13.6 Å². The summed E-state index contributed by atoms with van der Waals surface area (Å²) < 4.78 is 28.5. The molecule has 2 aromatic carbocycles. The molecule has 2 rings (SSSR count). The van der Waals surface area contributed by atoms with Gasteiger partial charge in [-0.3, -0.25) is 4.79 Å². The molecule has 122 valence electrons. The van der Waals surface area contributed by atoms with E-state index < -0.39 is 6.61 Å². The normalized spacial score (nSPS) is 10.7. The van der Waals surface area contributed by atoms with Crippen molar-refractivity contribution in [2.24, 2.45) is 0 Å². The minimum atomic E-state index is -2.88. The van der Waals surface area contributed by atoms with Gasteiger partial charge in [-0.1, -0.05) is 32.0 Å². The summed E-state index contributed by atoms with van der Waals surface area (Å²) in [7, 11) is 0. The molecule has 0 spiro atoms. The standard InChI is InChI=1S/C18H19F2NO2/c1-3-12-6-5-7-13(4-2)16(12)21-17(22)14-8-10-15(11-9-14)23-18(19)20/h5-11,18H,3-4H2,1-2H3,(H,21,22). The minimum Gasteiger partial charge on any atom is -0.435 e. The third kappa shape index (κ3) is 4.28. The SMILES string of the molecule is CCc1cccc(CC)c1NC(=O)c1ccc(OC(F)F)cc1. The van der Waals surface area contributed by atoms with Gasteiger partial charge in [-0.2, -0.15) is 8.78 Å². The van der Waals surface area contributed by atoms with Crippen LogP contribution in [0.25, 0.3) is 0 Å². The van der Waals surface area contributed by atoms with Gasteiger partial charge in [-0.25, -0.2) is 0 Å². The number of ether oxygens (including phenoxy) is 1. The Morgan fingerprint density at radius 2 is 1.61 bits per heavy atom. The van der Waals surface area contributed by atoms with Crippen molar-refractivity contribution in [3.63, 3.8) is 0 Å². The summed E-state index contributed by atoms with van der Waals surface area (Å²) in [6.07, 6.45) is 1.62. The van der Waals surface area contributed by atoms with Crippen LogP contribution in [0, 0.1) is 0 Å². The number of nitrogens with one attached hydrogen (secondary N) is 1. The fourth-order valence-corrected chi connectivity index (χ4v) is 2.38. The van der Waals surface area contributed by atoms with Crippen LogP contribution in [0.2, 0.25) is 0 Å². The zero-order valence-corrected chi connectivity index (χ0v) is 13.1. The number of halogens is 2. The van der Waals surface area contributed by atoms with Gasteiger partial charge in [-0.05, 0) is 48.2 Å². The maximum atomic E-state index is 12.4. The molecule has 0 saturated carbocycles. The molecule has 0 bridgehead atoms. The van der Waals surface area contributed by atoms with Crippen molar-refractivity contribution in [3.8, 4) is 5.75 Å². The number of rotatable bonds is 6. The zero-order valence-electron chi connectivity index (χ0n) is 13.1. The third-order valence-corrected chi connectivity index (χ3v) is 3.58. The Bertz CT molecular complexity index is 647. The highest BCUT2D eigenvalue weighted by atomic mass is 19.3. The number of hydrogen-bond donors (Lipinski definition) is 1. The highest BCUT2D eigenvalue weighted by Gasteiger charge is 2.12. The Morgan fingerprint density at radius 1 is 1.04 bits per heavy atom. The lowest BCUT2D eigenvalue weighted by Gasteiger charge is -2.14. The highest BCUT2D eigenvalue weighted by Crippen LogP contribution is 2.24. The number of benzene rings is 2. The van der Waals surface area contributed by atoms with Crippen molar-refractivity contribution in [2.75, 3.05) is 5.32 Å². The maximum Gasteiger partial charge on any atom is 0.387 e. The molecule has 0 fully saturated rings. The Hall–Kier alpha value is -2.43. The molecule has 23 heavy (non-hydrogen) atoms. The predicted octanol–water partition coefficient (Wildman–Crippen LogP) is 4.67. The molecule has 0 aromatic heterocycles. The first kappa shape index (κ1) is 16.9. The van der Waals surface area contributed by atoms with E-state index in [-0.39, 0.29) is 11.7 Å². The van der Waals surface area contributed by atoms with Crippen molar-refractivity contribution < 1.29 is 18.3 Å². The molecular formula is C18H19F2NO2. The van der Waals surface area contributed by atoms with Crippen molar-refractivity contribution in [1.29, 1.82) is 0 Å². The first-order valence-electron chi connectivity index (χ1n) is 7.52. The van der Waals surface area contributed by atoms with Crippen molar-refractivity contribution in [1.82, 2.24) is 0 Å². The maximum absolute atomic E-state index is 12.4. The summed E-state index contributed by atoms with van der Waals surface area (Å²) in [6.45, 7) is 1.18. The van der Waals surface area contributed by atoms with E-state index in [1.54, 1.807) is 0 Å². The smallest absolute Gasteiger partial charge is 0.387 e. The quantitative estimate of drug-likeness (QED) is 0.840. The van der Waals surface area contributed by atoms with Gasteiger partial charge in [0.15, 0.2) is 0 Å². The lowest BCUT2D eigenvalue weighted by molar-refractivity contribution is -0.0498. The topological polar surface area (TPSA) is 38.3 Å². The van der Waals surface area contributed by atoms with Crippen LogP contribution in [0.3, 0.4) is 0 Å². The molecule has 5 heteroatoms. The Kier molecular flexibility index (Phi) is 5.68.